The summed E-state index contributed by atoms with van der Waals surface area (Å²) in [5.74, 6) is 2.14. The Morgan fingerprint density at radius 2 is 2.21 bits per heavy atom. The molecule has 5 heteroatoms. The van der Waals surface area contributed by atoms with E-state index < -0.39 is 0 Å². The molecule has 1 aromatic carbocycles. The van der Waals surface area contributed by atoms with Crippen LogP contribution in [0.4, 0.5) is 0 Å². The van der Waals surface area contributed by atoms with Crippen LogP contribution < -0.4 is 5.32 Å². The van der Waals surface area contributed by atoms with Crippen molar-refractivity contribution in [2.45, 2.75) is 38.9 Å². The Hall–Kier alpha value is -1.39. The first-order chi connectivity index (χ1) is 9.25. The van der Waals surface area contributed by atoms with Crippen LogP contribution in [0.2, 0.25) is 5.02 Å². The van der Waals surface area contributed by atoms with E-state index in [4.69, 9.17) is 11.6 Å². The zero-order chi connectivity index (χ0) is 13.2. The predicted molar refractivity (Wildman–Crippen MR) is 75.0 cm³/mol. The average Bonchev–Trinajstić information content (AvgIpc) is 2.99. The number of hydrogen-bond donors (Lipinski definition) is 1. The predicted octanol–water partition coefficient (Wildman–Crippen LogP) is 2.73. The monoisotopic (exact) mass is 276 g/mol. The van der Waals surface area contributed by atoms with Gasteiger partial charge in [0, 0.05) is 24.5 Å². The number of fused-ring (bicyclic) bond motifs is 1. The molecule has 1 aliphatic rings. The van der Waals surface area contributed by atoms with Crippen molar-refractivity contribution in [2.75, 3.05) is 0 Å². The van der Waals surface area contributed by atoms with Crippen LogP contribution in [0.5, 0.6) is 0 Å². The van der Waals surface area contributed by atoms with E-state index in [1.165, 1.54) is 6.42 Å². The van der Waals surface area contributed by atoms with Crippen molar-refractivity contribution in [1.29, 1.82) is 0 Å². The smallest absolute Gasteiger partial charge is 0.149 e. The lowest BCUT2D eigenvalue weighted by Gasteiger charge is -2.14. The lowest BCUT2D eigenvalue weighted by molar-refractivity contribution is 0.516. The zero-order valence-electron chi connectivity index (χ0n) is 10.9. The van der Waals surface area contributed by atoms with Gasteiger partial charge in [0.15, 0.2) is 0 Å². The Labute approximate surface area is 117 Å². The van der Waals surface area contributed by atoms with Crippen molar-refractivity contribution < 1.29 is 0 Å². The summed E-state index contributed by atoms with van der Waals surface area (Å²) in [6.45, 7) is 3.89. The van der Waals surface area contributed by atoms with E-state index in [1.54, 1.807) is 0 Å². The highest BCUT2D eigenvalue weighted by Gasteiger charge is 2.20. The van der Waals surface area contributed by atoms with Gasteiger partial charge in [-0.15, -0.1) is 10.2 Å². The maximum Gasteiger partial charge on any atom is 0.149 e. The van der Waals surface area contributed by atoms with Crippen molar-refractivity contribution in [3.63, 3.8) is 0 Å². The van der Waals surface area contributed by atoms with Gasteiger partial charge >= 0.3 is 0 Å². The van der Waals surface area contributed by atoms with Crippen molar-refractivity contribution in [3.05, 3.63) is 46.5 Å². The quantitative estimate of drug-likeness (QED) is 0.934. The molecule has 0 amide bonds. The van der Waals surface area contributed by atoms with Gasteiger partial charge in [0.25, 0.3) is 0 Å². The standard InChI is InChI=1S/C14H17ClN4/c1-10(14-18-17-13-7-4-8-19(13)14)16-9-11-5-2-3-6-12(11)15/h2-3,5-6,10,16H,4,7-9H2,1H3. The van der Waals surface area contributed by atoms with Crippen LogP contribution in [0, 0.1) is 0 Å². The van der Waals surface area contributed by atoms with Gasteiger partial charge in [-0.05, 0) is 25.0 Å². The summed E-state index contributed by atoms with van der Waals surface area (Å²) >= 11 is 6.15. The van der Waals surface area contributed by atoms with Gasteiger partial charge in [-0.25, -0.2) is 0 Å². The second kappa shape index (κ2) is 5.31. The zero-order valence-corrected chi connectivity index (χ0v) is 11.7. The average molecular weight is 277 g/mol. The van der Waals surface area contributed by atoms with Crippen molar-refractivity contribution in [1.82, 2.24) is 20.1 Å². The summed E-state index contributed by atoms with van der Waals surface area (Å²) in [5.41, 5.74) is 1.11. The van der Waals surface area contributed by atoms with E-state index in [0.29, 0.717) is 0 Å². The molecule has 4 nitrogen and oxygen atoms in total. The van der Waals surface area contributed by atoms with E-state index >= 15 is 0 Å². The first-order valence-corrected chi connectivity index (χ1v) is 7.02. The molecule has 0 radical (unpaired) electrons. The molecule has 0 spiro atoms. The number of nitrogens with one attached hydrogen (secondary N) is 1. The van der Waals surface area contributed by atoms with Gasteiger partial charge in [0.1, 0.15) is 11.6 Å². The second-order valence-electron chi connectivity index (χ2n) is 4.92. The Morgan fingerprint density at radius 1 is 1.37 bits per heavy atom. The number of halogens is 1. The number of benzene rings is 1. The van der Waals surface area contributed by atoms with Crippen molar-refractivity contribution >= 4 is 11.6 Å². The van der Waals surface area contributed by atoms with Gasteiger partial charge < -0.3 is 9.88 Å². The summed E-state index contributed by atoms with van der Waals surface area (Å²) < 4.78 is 2.23. The SMILES string of the molecule is CC(NCc1ccccc1Cl)c1nnc2n1CCC2. The molecule has 19 heavy (non-hydrogen) atoms. The fourth-order valence-electron chi connectivity index (χ4n) is 2.49. The highest BCUT2D eigenvalue weighted by Crippen LogP contribution is 2.20. The summed E-state index contributed by atoms with van der Waals surface area (Å²) in [5, 5.41) is 12.8. The largest absolute Gasteiger partial charge is 0.314 e. The maximum atomic E-state index is 6.15. The molecular weight excluding hydrogens is 260 g/mol. The molecule has 2 aromatic rings. The molecular formula is C14H17ClN4. The first-order valence-electron chi connectivity index (χ1n) is 6.64. The lowest BCUT2D eigenvalue weighted by Crippen LogP contribution is -2.21. The molecule has 1 unspecified atom stereocenters. The fourth-order valence-corrected chi connectivity index (χ4v) is 2.69. The van der Waals surface area contributed by atoms with Gasteiger partial charge in [0.05, 0.1) is 6.04 Å². The topological polar surface area (TPSA) is 42.7 Å². The van der Waals surface area contributed by atoms with E-state index in [9.17, 15) is 0 Å². The lowest BCUT2D eigenvalue weighted by atomic mass is 10.2. The van der Waals surface area contributed by atoms with Crippen LogP contribution >= 0.6 is 11.6 Å². The summed E-state index contributed by atoms with van der Waals surface area (Å²) in [4.78, 5) is 0. The Balaban J connectivity index is 1.68. The van der Waals surface area contributed by atoms with Gasteiger partial charge in [-0.1, -0.05) is 29.8 Å². The molecule has 2 heterocycles. The van der Waals surface area contributed by atoms with Crippen LogP contribution in [-0.2, 0) is 19.5 Å². The van der Waals surface area contributed by atoms with Gasteiger partial charge in [-0.2, -0.15) is 0 Å². The second-order valence-corrected chi connectivity index (χ2v) is 5.33. The Kier molecular flexibility index (Phi) is 3.53. The third-order valence-electron chi connectivity index (χ3n) is 3.58. The fraction of sp³-hybridized carbons (Fsp3) is 0.429. The van der Waals surface area contributed by atoms with E-state index in [1.807, 2.05) is 24.3 Å². The Morgan fingerprint density at radius 3 is 3.05 bits per heavy atom. The molecule has 3 rings (SSSR count). The van der Waals surface area contributed by atoms with E-state index in [-0.39, 0.29) is 6.04 Å². The minimum atomic E-state index is 0.177. The normalized spacial score (nSPS) is 15.5. The first kappa shape index (κ1) is 12.6. The van der Waals surface area contributed by atoms with Gasteiger partial charge in [0.2, 0.25) is 0 Å². The van der Waals surface area contributed by atoms with E-state index in [0.717, 1.165) is 41.7 Å². The molecule has 1 N–H and O–H groups in total. The summed E-state index contributed by atoms with van der Waals surface area (Å²) in [6, 6.07) is 8.08. The Bertz CT molecular complexity index is 579. The molecule has 0 aliphatic carbocycles. The van der Waals surface area contributed by atoms with Crippen LogP contribution in [-0.4, -0.2) is 14.8 Å². The van der Waals surface area contributed by atoms with E-state index in [2.05, 4.69) is 27.0 Å². The maximum absolute atomic E-state index is 6.15. The summed E-state index contributed by atoms with van der Waals surface area (Å²) in [6.07, 6.45) is 2.22. The van der Waals surface area contributed by atoms with Crippen LogP contribution in [0.1, 0.15) is 36.6 Å². The minimum absolute atomic E-state index is 0.177. The molecule has 0 saturated heterocycles. The molecule has 1 atom stereocenters. The van der Waals surface area contributed by atoms with Crippen molar-refractivity contribution in [3.8, 4) is 0 Å². The number of nitrogens with zero attached hydrogens (tertiary/aromatic N) is 3. The number of aryl methyl sites for hydroxylation is 1. The molecule has 0 saturated carbocycles. The minimum Gasteiger partial charge on any atom is -0.314 e. The van der Waals surface area contributed by atoms with Crippen LogP contribution in [0.25, 0.3) is 0 Å². The number of aromatic nitrogens is 3. The molecule has 1 aromatic heterocycles. The van der Waals surface area contributed by atoms with Crippen LogP contribution in [0.15, 0.2) is 24.3 Å². The third kappa shape index (κ3) is 2.51. The third-order valence-corrected chi connectivity index (χ3v) is 3.95. The van der Waals surface area contributed by atoms with Crippen molar-refractivity contribution in [2.24, 2.45) is 0 Å². The molecule has 0 fully saturated rings. The number of rotatable bonds is 4. The van der Waals surface area contributed by atoms with Crippen LogP contribution in [0.3, 0.4) is 0 Å². The number of hydrogen-bond acceptors (Lipinski definition) is 3. The molecule has 100 valence electrons. The molecule has 0 bridgehead atoms. The molecule has 1 aliphatic heterocycles. The highest BCUT2D eigenvalue weighted by molar-refractivity contribution is 6.31. The van der Waals surface area contributed by atoms with Gasteiger partial charge in [-0.3, -0.25) is 0 Å². The highest BCUT2D eigenvalue weighted by atomic mass is 35.5. The summed E-state index contributed by atoms with van der Waals surface area (Å²) in [7, 11) is 0.